The molecule has 8 nitrogen and oxygen atoms in total. The fourth-order valence-electron chi connectivity index (χ4n) is 2.07. The number of carbonyl (C=O) groups is 2. The summed E-state index contributed by atoms with van der Waals surface area (Å²) in [6, 6.07) is 9.90. The molecule has 0 aromatic heterocycles. The molecule has 2 rings (SSSR count). The quantitative estimate of drug-likeness (QED) is 0.486. The summed E-state index contributed by atoms with van der Waals surface area (Å²) >= 11 is 3.33. The number of ether oxygens (including phenoxy) is 3. The van der Waals surface area contributed by atoms with Crippen LogP contribution in [0.15, 0.2) is 46.0 Å². The lowest BCUT2D eigenvalue weighted by molar-refractivity contribution is -0.119. The van der Waals surface area contributed by atoms with Crippen molar-refractivity contribution in [1.82, 2.24) is 5.43 Å². The smallest absolute Gasteiger partial charge is 0.271 e. The number of nitrogens with two attached hydrogens (primary N) is 1. The van der Waals surface area contributed by atoms with Crippen molar-refractivity contribution < 1.29 is 23.8 Å². The largest absolute Gasteiger partial charge is 0.493 e. The van der Waals surface area contributed by atoms with Gasteiger partial charge in [0.15, 0.2) is 18.1 Å². The van der Waals surface area contributed by atoms with Gasteiger partial charge in [0, 0.05) is 5.56 Å². The number of hydrogen-bond acceptors (Lipinski definition) is 6. The van der Waals surface area contributed by atoms with Gasteiger partial charge in [-0.25, -0.2) is 5.43 Å². The predicted molar refractivity (Wildman–Crippen MR) is 103 cm³/mol. The van der Waals surface area contributed by atoms with Crippen LogP contribution < -0.4 is 25.4 Å². The lowest BCUT2D eigenvalue weighted by Gasteiger charge is -2.08. The number of methoxy groups -OCH3 is 2. The molecule has 0 spiro atoms. The van der Waals surface area contributed by atoms with Gasteiger partial charge in [-0.3, -0.25) is 9.59 Å². The Hall–Kier alpha value is -3.07. The highest BCUT2D eigenvalue weighted by Gasteiger charge is 2.10. The van der Waals surface area contributed by atoms with Crippen LogP contribution >= 0.6 is 15.9 Å². The van der Waals surface area contributed by atoms with Crippen molar-refractivity contribution in [2.75, 3.05) is 20.8 Å². The summed E-state index contributed by atoms with van der Waals surface area (Å²) in [5.74, 6) is 0.490. The van der Waals surface area contributed by atoms with Crippen molar-refractivity contribution in [2.24, 2.45) is 10.8 Å². The van der Waals surface area contributed by atoms with Crippen LogP contribution in [0.25, 0.3) is 0 Å². The number of hydrogen-bond donors (Lipinski definition) is 2. The van der Waals surface area contributed by atoms with Gasteiger partial charge in [-0.2, -0.15) is 5.10 Å². The zero-order valence-electron chi connectivity index (χ0n) is 14.7. The second-order valence-electron chi connectivity index (χ2n) is 5.21. The van der Waals surface area contributed by atoms with Gasteiger partial charge in [0.25, 0.3) is 11.8 Å². The molecule has 0 atom stereocenters. The van der Waals surface area contributed by atoms with Gasteiger partial charge < -0.3 is 19.9 Å². The Balaban J connectivity index is 2.01. The molecule has 2 amide bonds. The Morgan fingerprint density at radius 2 is 1.81 bits per heavy atom. The first-order chi connectivity index (χ1) is 12.9. The van der Waals surface area contributed by atoms with Crippen molar-refractivity contribution in [3.63, 3.8) is 0 Å². The second kappa shape index (κ2) is 9.58. The van der Waals surface area contributed by atoms with Crippen molar-refractivity contribution in [3.05, 3.63) is 52.0 Å². The monoisotopic (exact) mass is 435 g/mol. The summed E-state index contributed by atoms with van der Waals surface area (Å²) in [6.07, 6.45) is 1.47. The zero-order chi connectivity index (χ0) is 19.8. The third-order valence-electron chi connectivity index (χ3n) is 3.35. The first-order valence-corrected chi connectivity index (χ1v) is 8.50. The highest BCUT2D eigenvalue weighted by atomic mass is 79.9. The molecule has 0 fully saturated rings. The van der Waals surface area contributed by atoms with Gasteiger partial charge in [0.2, 0.25) is 0 Å². The summed E-state index contributed by atoms with van der Waals surface area (Å²) in [4.78, 5) is 22.9. The highest BCUT2D eigenvalue weighted by molar-refractivity contribution is 9.10. The number of nitrogens with zero attached hydrogens (tertiary/aromatic N) is 1. The minimum absolute atomic E-state index is 0.215. The van der Waals surface area contributed by atoms with E-state index in [0.29, 0.717) is 32.8 Å². The first-order valence-electron chi connectivity index (χ1n) is 7.70. The molecular weight excluding hydrogens is 418 g/mol. The Kier molecular flexibility index (Phi) is 7.18. The van der Waals surface area contributed by atoms with E-state index in [4.69, 9.17) is 19.9 Å². The second-order valence-corrected chi connectivity index (χ2v) is 6.07. The maximum atomic E-state index is 12.2. The van der Waals surface area contributed by atoms with Gasteiger partial charge in [0.1, 0.15) is 5.75 Å². The van der Waals surface area contributed by atoms with E-state index in [1.165, 1.54) is 20.4 Å². The Morgan fingerprint density at radius 3 is 2.44 bits per heavy atom. The summed E-state index contributed by atoms with van der Waals surface area (Å²) < 4.78 is 16.2. The number of amides is 2. The van der Waals surface area contributed by atoms with Crippen LogP contribution in [0.2, 0.25) is 0 Å². The first kappa shape index (κ1) is 20.2. The Bertz CT molecular complexity index is 870. The Morgan fingerprint density at radius 1 is 1.11 bits per heavy atom. The average Bonchev–Trinajstić information content (AvgIpc) is 2.66. The molecule has 0 saturated heterocycles. The fourth-order valence-corrected chi connectivity index (χ4v) is 2.58. The van der Waals surface area contributed by atoms with E-state index in [1.54, 1.807) is 36.4 Å². The molecule has 0 heterocycles. The van der Waals surface area contributed by atoms with E-state index >= 15 is 0 Å². The molecule has 142 valence electrons. The number of nitrogens with one attached hydrogen (secondary N) is 1. The van der Waals surface area contributed by atoms with E-state index in [0.717, 1.165) is 0 Å². The van der Waals surface area contributed by atoms with Crippen LogP contribution in [0, 0.1) is 0 Å². The topological polar surface area (TPSA) is 112 Å². The minimum atomic E-state index is -0.564. The molecule has 0 bridgehead atoms. The van der Waals surface area contributed by atoms with Crippen LogP contribution in [0.5, 0.6) is 17.2 Å². The van der Waals surface area contributed by atoms with Gasteiger partial charge in [-0.05, 0) is 57.9 Å². The molecule has 0 aliphatic heterocycles. The lowest BCUT2D eigenvalue weighted by atomic mass is 10.2. The summed E-state index contributed by atoms with van der Waals surface area (Å²) in [5.41, 5.74) is 8.56. The Labute approximate surface area is 164 Å². The number of hydrazone groups is 1. The molecule has 2 aromatic rings. The van der Waals surface area contributed by atoms with Crippen LogP contribution in [-0.2, 0) is 4.79 Å². The number of halogens is 1. The number of benzene rings is 2. The van der Waals surface area contributed by atoms with Crippen molar-refractivity contribution >= 4 is 34.0 Å². The molecule has 2 aromatic carbocycles. The van der Waals surface area contributed by atoms with Crippen LogP contribution in [-0.4, -0.2) is 38.9 Å². The van der Waals surface area contributed by atoms with Crippen molar-refractivity contribution in [2.45, 2.75) is 0 Å². The summed E-state index contributed by atoms with van der Waals surface area (Å²) in [7, 11) is 3.01. The highest BCUT2D eigenvalue weighted by Crippen LogP contribution is 2.27. The van der Waals surface area contributed by atoms with Crippen molar-refractivity contribution in [3.8, 4) is 17.2 Å². The maximum Gasteiger partial charge on any atom is 0.271 e. The molecular formula is C18H18BrN3O5. The van der Waals surface area contributed by atoms with Gasteiger partial charge in [0.05, 0.1) is 24.9 Å². The standard InChI is InChI=1S/C18H18BrN3O5/c1-25-15-6-4-12(8-16(15)26-2)18(24)22-21-9-11-3-5-14(13(19)7-11)27-10-17(20)23/h3-9H,10H2,1-2H3,(H2,20,23)(H,22,24)/b21-9+. The molecule has 0 unspecified atom stereocenters. The molecule has 9 heteroatoms. The SMILES string of the molecule is COc1ccc(C(=O)N/N=C/c2ccc(OCC(N)=O)c(Br)c2)cc1OC. The van der Waals surface area contributed by atoms with E-state index in [-0.39, 0.29) is 6.61 Å². The van der Waals surface area contributed by atoms with Crippen LogP contribution in [0.1, 0.15) is 15.9 Å². The van der Waals surface area contributed by atoms with E-state index in [1.807, 2.05) is 0 Å². The maximum absolute atomic E-state index is 12.2. The number of primary amides is 1. The molecule has 0 saturated carbocycles. The zero-order valence-corrected chi connectivity index (χ0v) is 16.3. The van der Waals surface area contributed by atoms with Crippen molar-refractivity contribution in [1.29, 1.82) is 0 Å². The van der Waals surface area contributed by atoms with Gasteiger partial charge in [-0.15, -0.1) is 0 Å². The van der Waals surface area contributed by atoms with Gasteiger partial charge >= 0.3 is 0 Å². The van der Waals surface area contributed by atoms with Crippen LogP contribution in [0.4, 0.5) is 0 Å². The van der Waals surface area contributed by atoms with Crippen LogP contribution in [0.3, 0.4) is 0 Å². The number of carbonyl (C=O) groups excluding carboxylic acids is 2. The van der Waals surface area contributed by atoms with E-state index in [9.17, 15) is 9.59 Å². The third-order valence-corrected chi connectivity index (χ3v) is 3.97. The number of rotatable bonds is 8. The predicted octanol–water partition coefficient (Wildman–Crippen LogP) is 2.09. The third kappa shape index (κ3) is 5.71. The molecule has 0 aliphatic rings. The van der Waals surface area contributed by atoms with E-state index < -0.39 is 11.8 Å². The average molecular weight is 436 g/mol. The molecule has 3 N–H and O–H groups in total. The molecule has 0 aliphatic carbocycles. The summed E-state index contributed by atoms with van der Waals surface area (Å²) in [6.45, 7) is -0.215. The lowest BCUT2D eigenvalue weighted by Crippen LogP contribution is -2.20. The van der Waals surface area contributed by atoms with E-state index in [2.05, 4.69) is 26.5 Å². The molecule has 27 heavy (non-hydrogen) atoms. The summed E-state index contributed by atoms with van der Waals surface area (Å²) in [5, 5.41) is 3.93. The van der Waals surface area contributed by atoms with Gasteiger partial charge in [-0.1, -0.05) is 0 Å². The fraction of sp³-hybridized carbons (Fsp3) is 0.167. The minimum Gasteiger partial charge on any atom is -0.493 e. The molecule has 0 radical (unpaired) electrons. The normalized spacial score (nSPS) is 10.5.